The first-order valence-corrected chi connectivity index (χ1v) is 4.03. The van der Waals surface area contributed by atoms with E-state index in [1.54, 1.807) is 18.3 Å². The number of imidazole rings is 1. The molecule has 2 aromatic heterocycles. The van der Waals surface area contributed by atoms with Crippen molar-refractivity contribution < 1.29 is 4.79 Å². The highest BCUT2D eigenvalue weighted by molar-refractivity contribution is 5.91. The van der Waals surface area contributed by atoms with Gasteiger partial charge in [-0.15, -0.1) is 0 Å². The maximum absolute atomic E-state index is 10.8. The number of rotatable bonds is 2. The molecular weight excluding hydrogens is 180 g/mol. The molecule has 70 valence electrons. The summed E-state index contributed by atoms with van der Waals surface area (Å²) in [4.78, 5) is 21.6. The van der Waals surface area contributed by atoms with Crippen LogP contribution in [-0.4, -0.2) is 20.9 Å². The lowest BCUT2D eigenvalue weighted by Crippen LogP contribution is -2.11. The second-order valence-electron chi connectivity index (χ2n) is 2.72. The third-order valence-corrected chi connectivity index (χ3v) is 1.75. The van der Waals surface area contributed by atoms with Crippen molar-refractivity contribution in [2.75, 3.05) is 0 Å². The quantitative estimate of drug-likeness (QED) is 0.722. The van der Waals surface area contributed by atoms with Crippen molar-refractivity contribution in [1.29, 1.82) is 0 Å². The maximum Gasteiger partial charge on any atom is 0.266 e. The second-order valence-corrected chi connectivity index (χ2v) is 2.72. The summed E-state index contributed by atoms with van der Waals surface area (Å²) in [6.45, 7) is 0. The van der Waals surface area contributed by atoms with E-state index in [1.807, 2.05) is 6.07 Å². The Labute approximate surface area is 80.0 Å². The summed E-state index contributed by atoms with van der Waals surface area (Å²) in [6, 6.07) is 5.44. The van der Waals surface area contributed by atoms with Crippen molar-refractivity contribution in [1.82, 2.24) is 15.0 Å². The van der Waals surface area contributed by atoms with Gasteiger partial charge in [0, 0.05) is 6.20 Å². The van der Waals surface area contributed by atoms with Gasteiger partial charge in [0.1, 0.15) is 11.4 Å². The number of nitrogens with two attached hydrogens (primary N) is 1. The summed E-state index contributed by atoms with van der Waals surface area (Å²) >= 11 is 0. The number of hydrogen-bond donors (Lipinski definition) is 2. The lowest BCUT2D eigenvalue weighted by molar-refractivity contribution is 0.0996. The van der Waals surface area contributed by atoms with E-state index < -0.39 is 5.91 Å². The second kappa shape index (κ2) is 3.29. The van der Waals surface area contributed by atoms with Crippen molar-refractivity contribution in [2.24, 2.45) is 5.73 Å². The number of nitrogens with one attached hydrogen (secondary N) is 1. The average Bonchev–Trinajstić information content (AvgIpc) is 2.68. The number of nitrogens with zero attached hydrogens (tertiary/aromatic N) is 2. The molecule has 0 saturated carbocycles. The Hall–Kier alpha value is -2.17. The third kappa shape index (κ3) is 1.47. The van der Waals surface area contributed by atoms with Crippen LogP contribution in [-0.2, 0) is 0 Å². The van der Waals surface area contributed by atoms with E-state index in [-0.39, 0.29) is 5.69 Å². The Kier molecular flexibility index (Phi) is 1.98. The van der Waals surface area contributed by atoms with Crippen LogP contribution in [0.5, 0.6) is 0 Å². The number of hydrogen-bond acceptors (Lipinski definition) is 3. The highest BCUT2D eigenvalue weighted by Crippen LogP contribution is 2.10. The van der Waals surface area contributed by atoms with Crippen molar-refractivity contribution in [3.63, 3.8) is 0 Å². The van der Waals surface area contributed by atoms with Crippen LogP contribution in [0.2, 0.25) is 0 Å². The summed E-state index contributed by atoms with van der Waals surface area (Å²) in [5.41, 5.74) is 6.04. The van der Waals surface area contributed by atoms with Crippen molar-refractivity contribution in [3.8, 4) is 11.5 Å². The van der Waals surface area contributed by atoms with Gasteiger partial charge in [0.15, 0.2) is 5.82 Å². The highest BCUT2D eigenvalue weighted by Gasteiger charge is 2.06. The normalized spacial score (nSPS) is 10.0. The lowest BCUT2D eigenvalue weighted by Gasteiger charge is -1.93. The number of carbonyl (C=O) groups excluding carboxylic acids is 1. The summed E-state index contributed by atoms with van der Waals surface area (Å²) < 4.78 is 0. The van der Waals surface area contributed by atoms with Crippen LogP contribution in [0.15, 0.2) is 30.6 Å². The number of H-pyrrole nitrogens is 1. The van der Waals surface area contributed by atoms with Crippen LogP contribution >= 0.6 is 0 Å². The van der Waals surface area contributed by atoms with Crippen molar-refractivity contribution >= 4 is 5.91 Å². The minimum Gasteiger partial charge on any atom is -0.364 e. The Morgan fingerprint density at radius 2 is 2.21 bits per heavy atom. The first-order chi connectivity index (χ1) is 6.77. The van der Waals surface area contributed by atoms with E-state index in [9.17, 15) is 4.79 Å². The standard InChI is InChI=1S/C9H8N4O/c10-8(14)7-5-12-9(13-7)6-3-1-2-4-11-6/h1-5H,(H2,10,14)(H,12,13). The molecule has 0 bridgehead atoms. The van der Waals surface area contributed by atoms with Crippen molar-refractivity contribution in [2.45, 2.75) is 0 Å². The Morgan fingerprint density at radius 1 is 1.36 bits per heavy atom. The molecule has 1 amide bonds. The number of amides is 1. The molecule has 2 aromatic rings. The van der Waals surface area contributed by atoms with Gasteiger partial charge in [-0.2, -0.15) is 0 Å². The van der Waals surface area contributed by atoms with Crippen LogP contribution in [0.3, 0.4) is 0 Å². The summed E-state index contributed by atoms with van der Waals surface area (Å²) in [7, 11) is 0. The largest absolute Gasteiger partial charge is 0.364 e. The van der Waals surface area contributed by atoms with Gasteiger partial charge < -0.3 is 10.7 Å². The fourth-order valence-electron chi connectivity index (χ4n) is 1.08. The molecular formula is C9H8N4O. The zero-order valence-corrected chi connectivity index (χ0v) is 7.27. The van der Waals surface area contributed by atoms with Crippen LogP contribution in [0.25, 0.3) is 11.5 Å². The van der Waals surface area contributed by atoms with E-state index >= 15 is 0 Å². The fraction of sp³-hybridized carbons (Fsp3) is 0. The monoisotopic (exact) mass is 188 g/mol. The van der Waals surface area contributed by atoms with Gasteiger partial charge in [-0.05, 0) is 12.1 Å². The summed E-state index contributed by atoms with van der Waals surface area (Å²) in [5, 5.41) is 0. The molecule has 0 radical (unpaired) electrons. The maximum atomic E-state index is 10.8. The lowest BCUT2D eigenvalue weighted by atomic mass is 10.3. The Morgan fingerprint density at radius 3 is 2.79 bits per heavy atom. The number of pyridine rings is 1. The molecule has 0 atom stereocenters. The molecule has 5 heteroatoms. The average molecular weight is 188 g/mol. The van der Waals surface area contributed by atoms with E-state index in [1.165, 1.54) is 6.20 Å². The van der Waals surface area contributed by atoms with E-state index in [2.05, 4.69) is 15.0 Å². The predicted molar refractivity (Wildman–Crippen MR) is 50.3 cm³/mol. The van der Waals surface area contributed by atoms with Crippen LogP contribution < -0.4 is 5.73 Å². The molecule has 14 heavy (non-hydrogen) atoms. The fourth-order valence-corrected chi connectivity index (χ4v) is 1.08. The topological polar surface area (TPSA) is 84.7 Å². The molecule has 0 aliphatic rings. The molecule has 0 aliphatic carbocycles. The number of aromatic amines is 1. The summed E-state index contributed by atoms with van der Waals surface area (Å²) in [5.74, 6) is 0.0130. The number of primary amides is 1. The SMILES string of the molecule is NC(=O)c1cnc(-c2ccccn2)[nH]1. The number of carbonyl (C=O) groups is 1. The van der Waals surface area contributed by atoms with E-state index in [0.29, 0.717) is 11.5 Å². The van der Waals surface area contributed by atoms with Gasteiger partial charge in [-0.1, -0.05) is 6.07 Å². The number of aromatic nitrogens is 3. The first-order valence-electron chi connectivity index (χ1n) is 4.03. The van der Waals surface area contributed by atoms with E-state index in [0.717, 1.165) is 0 Å². The molecule has 0 saturated heterocycles. The van der Waals surface area contributed by atoms with Gasteiger partial charge in [0.25, 0.3) is 5.91 Å². The van der Waals surface area contributed by atoms with E-state index in [4.69, 9.17) is 5.73 Å². The van der Waals surface area contributed by atoms with Gasteiger partial charge >= 0.3 is 0 Å². The van der Waals surface area contributed by atoms with Crippen molar-refractivity contribution in [3.05, 3.63) is 36.3 Å². The molecule has 0 fully saturated rings. The smallest absolute Gasteiger partial charge is 0.266 e. The predicted octanol–water partition coefficient (Wildman–Crippen LogP) is 0.571. The zero-order valence-electron chi connectivity index (χ0n) is 7.27. The van der Waals surface area contributed by atoms with Crippen LogP contribution in [0.1, 0.15) is 10.5 Å². The zero-order chi connectivity index (χ0) is 9.97. The van der Waals surface area contributed by atoms with Crippen LogP contribution in [0.4, 0.5) is 0 Å². The van der Waals surface area contributed by atoms with Gasteiger partial charge in [0.05, 0.1) is 6.20 Å². The molecule has 0 spiro atoms. The molecule has 0 aliphatic heterocycles. The third-order valence-electron chi connectivity index (χ3n) is 1.75. The molecule has 2 rings (SSSR count). The first kappa shape index (κ1) is 8.43. The van der Waals surface area contributed by atoms with Gasteiger partial charge in [0.2, 0.25) is 0 Å². The Balaban J connectivity index is 2.39. The summed E-state index contributed by atoms with van der Waals surface area (Å²) in [6.07, 6.45) is 3.05. The minimum atomic E-state index is -0.528. The molecule has 0 aromatic carbocycles. The van der Waals surface area contributed by atoms with Gasteiger partial charge in [-0.25, -0.2) is 4.98 Å². The highest BCUT2D eigenvalue weighted by atomic mass is 16.1. The Bertz CT molecular complexity index is 449. The molecule has 2 heterocycles. The molecule has 0 unspecified atom stereocenters. The van der Waals surface area contributed by atoms with Gasteiger partial charge in [-0.3, -0.25) is 9.78 Å². The minimum absolute atomic E-state index is 0.283. The molecule has 5 nitrogen and oxygen atoms in total. The van der Waals surface area contributed by atoms with Crippen LogP contribution in [0, 0.1) is 0 Å². The molecule has 3 N–H and O–H groups in total.